The minimum Gasteiger partial charge on any atom is -0.484 e. The summed E-state index contributed by atoms with van der Waals surface area (Å²) in [5, 5.41) is 2.84. The number of amides is 2. The molecule has 0 bridgehead atoms. The fourth-order valence-electron chi connectivity index (χ4n) is 3.41. The monoisotopic (exact) mass is 434 g/mol. The van der Waals surface area contributed by atoms with Crippen molar-refractivity contribution < 1.29 is 28.2 Å². The Labute approximate surface area is 177 Å². The van der Waals surface area contributed by atoms with E-state index in [4.69, 9.17) is 25.8 Å². The third kappa shape index (κ3) is 4.59. The number of ether oxygens (including phenoxy) is 3. The van der Waals surface area contributed by atoms with Crippen LogP contribution in [-0.2, 0) is 9.59 Å². The predicted molar refractivity (Wildman–Crippen MR) is 107 cm³/mol. The van der Waals surface area contributed by atoms with E-state index in [1.54, 1.807) is 23.1 Å². The molecule has 0 radical (unpaired) electrons. The van der Waals surface area contributed by atoms with E-state index in [1.807, 2.05) is 0 Å². The first-order valence-corrected chi connectivity index (χ1v) is 9.93. The normalized spacial score (nSPS) is 15.7. The molecule has 2 aliphatic heterocycles. The van der Waals surface area contributed by atoms with Crippen LogP contribution in [-0.4, -0.2) is 43.2 Å². The van der Waals surface area contributed by atoms with E-state index >= 15 is 0 Å². The fourth-order valence-corrected chi connectivity index (χ4v) is 3.58. The van der Waals surface area contributed by atoms with Crippen LogP contribution in [0.3, 0.4) is 0 Å². The standard InChI is InChI=1S/C21H20ClFN2O5/c22-16-10-15(2-3-17(16)23)28-11-20(26)25-7-5-13(6-8-25)21(27)24-14-1-4-18-19(9-14)30-12-29-18/h1-4,9-10,13H,5-8,11-12H2,(H,24,27). The zero-order chi connectivity index (χ0) is 21.1. The number of anilines is 1. The number of carbonyl (C=O) groups is 2. The molecule has 0 saturated carbocycles. The number of fused-ring (bicyclic) bond motifs is 1. The van der Waals surface area contributed by atoms with Gasteiger partial charge in [0.25, 0.3) is 5.91 Å². The van der Waals surface area contributed by atoms with Gasteiger partial charge in [0.15, 0.2) is 18.1 Å². The largest absolute Gasteiger partial charge is 0.484 e. The smallest absolute Gasteiger partial charge is 0.260 e. The van der Waals surface area contributed by atoms with Crippen LogP contribution in [0.1, 0.15) is 12.8 Å². The zero-order valence-corrected chi connectivity index (χ0v) is 16.8. The van der Waals surface area contributed by atoms with E-state index < -0.39 is 5.82 Å². The van der Waals surface area contributed by atoms with E-state index in [0.717, 1.165) is 0 Å². The van der Waals surface area contributed by atoms with Crippen molar-refractivity contribution in [2.45, 2.75) is 12.8 Å². The Hall–Kier alpha value is -3.00. The predicted octanol–water partition coefficient (Wildman–Crippen LogP) is 3.46. The van der Waals surface area contributed by atoms with Gasteiger partial charge in [0, 0.05) is 36.8 Å². The van der Waals surface area contributed by atoms with Crippen molar-refractivity contribution in [3.05, 3.63) is 47.2 Å². The maximum Gasteiger partial charge on any atom is 0.260 e. The molecule has 0 atom stereocenters. The molecule has 7 nitrogen and oxygen atoms in total. The number of nitrogens with zero attached hydrogens (tertiary/aromatic N) is 1. The summed E-state index contributed by atoms with van der Waals surface area (Å²) >= 11 is 5.71. The van der Waals surface area contributed by atoms with Gasteiger partial charge in [0.05, 0.1) is 5.02 Å². The maximum absolute atomic E-state index is 13.2. The molecule has 9 heteroatoms. The van der Waals surface area contributed by atoms with Crippen molar-refractivity contribution >= 4 is 29.1 Å². The van der Waals surface area contributed by atoms with Crippen LogP contribution in [0.25, 0.3) is 0 Å². The molecule has 0 aliphatic carbocycles. The minimum atomic E-state index is -0.545. The number of hydrogen-bond donors (Lipinski definition) is 1. The van der Waals surface area contributed by atoms with Crippen molar-refractivity contribution in [2.24, 2.45) is 5.92 Å². The van der Waals surface area contributed by atoms with Crippen LogP contribution in [0.5, 0.6) is 17.2 Å². The van der Waals surface area contributed by atoms with Gasteiger partial charge in [-0.25, -0.2) is 4.39 Å². The van der Waals surface area contributed by atoms with E-state index in [1.165, 1.54) is 18.2 Å². The second-order valence-electron chi connectivity index (χ2n) is 7.08. The highest BCUT2D eigenvalue weighted by Crippen LogP contribution is 2.34. The zero-order valence-electron chi connectivity index (χ0n) is 16.0. The lowest BCUT2D eigenvalue weighted by atomic mass is 9.95. The lowest BCUT2D eigenvalue weighted by molar-refractivity contribution is -0.136. The highest BCUT2D eigenvalue weighted by atomic mass is 35.5. The van der Waals surface area contributed by atoms with Crippen molar-refractivity contribution in [3.63, 3.8) is 0 Å². The molecule has 2 aromatic rings. The van der Waals surface area contributed by atoms with Gasteiger partial charge in [-0.2, -0.15) is 0 Å². The molecule has 4 rings (SSSR count). The van der Waals surface area contributed by atoms with Gasteiger partial charge in [-0.1, -0.05) is 11.6 Å². The average molecular weight is 435 g/mol. The topological polar surface area (TPSA) is 77.1 Å². The van der Waals surface area contributed by atoms with Crippen LogP contribution in [0, 0.1) is 11.7 Å². The quantitative estimate of drug-likeness (QED) is 0.779. The highest BCUT2D eigenvalue weighted by Gasteiger charge is 2.28. The van der Waals surface area contributed by atoms with E-state index in [9.17, 15) is 14.0 Å². The minimum absolute atomic E-state index is 0.0609. The third-order valence-electron chi connectivity index (χ3n) is 5.11. The summed E-state index contributed by atoms with van der Waals surface area (Å²) in [6, 6.07) is 9.19. The Kier molecular flexibility index (Phi) is 5.94. The van der Waals surface area contributed by atoms with Gasteiger partial charge in [0.2, 0.25) is 12.7 Å². The second kappa shape index (κ2) is 8.79. The molecule has 0 unspecified atom stereocenters. The number of rotatable bonds is 5. The summed E-state index contributed by atoms with van der Waals surface area (Å²) in [6.07, 6.45) is 1.12. The van der Waals surface area contributed by atoms with E-state index in [-0.39, 0.29) is 36.2 Å². The number of nitrogens with one attached hydrogen (secondary N) is 1. The number of hydrogen-bond acceptors (Lipinski definition) is 5. The molecular formula is C21H20ClFN2O5. The molecule has 1 N–H and O–H groups in total. The maximum atomic E-state index is 13.2. The van der Waals surface area contributed by atoms with Gasteiger partial charge >= 0.3 is 0 Å². The first kappa shape index (κ1) is 20.3. The summed E-state index contributed by atoms with van der Waals surface area (Å²) in [4.78, 5) is 26.6. The summed E-state index contributed by atoms with van der Waals surface area (Å²) < 4.78 is 29.2. The number of piperidine rings is 1. The molecule has 2 aromatic carbocycles. The number of benzene rings is 2. The summed E-state index contributed by atoms with van der Waals surface area (Å²) in [6.45, 7) is 0.935. The SMILES string of the molecule is O=C(Nc1ccc2c(c1)OCO2)C1CCN(C(=O)COc2ccc(F)c(Cl)c2)CC1. The molecule has 2 heterocycles. The van der Waals surface area contributed by atoms with Gasteiger partial charge in [-0.15, -0.1) is 0 Å². The molecule has 2 amide bonds. The van der Waals surface area contributed by atoms with Crippen molar-refractivity contribution in [2.75, 3.05) is 31.8 Å². The lowest BCUT2D eigenvalue weighted by Crippen LogP contribution is -2.43. The molecule has 158 valence electrons. The molecule has 2 aliphatic rings. The van der Waals surface area contributed by atoms with Gasteiger partial charge in [-0.3, -0.25) is 9.59 Å². The van der Waals surface area contributed by atoms with Crippen LogP contribution >= 0.6 is 11.6 Å². The Bertz CT molecular complexity index is 962. The molecule has 1 saturated heterocycles. The molecule has 0 spiro atoms. The van der Waals surface area contributed by atoms with Crippen LogP contribution in [0.2, 0.25) is 5.02 Å². The molecule has 30 heavy (non-hydrogen) atoms. The Morgan fingerprint density at radius 2 is 1.90 bits per heavy atom. The van der Waals surface area contributed by atoms with Crippen molar-refractivity contribution in [3.8, 4) is 17.2 Å². The Morgan fingerprint density at radius 3 is 2.67 bits per heavy atom. The molecule has 0 aromatic heterocycles. The van der Waals surface area contributed by atoms with Crippen LogP contribution in [0.15, 0.2) is 36.4 Å². The second-order valence-corrected chi connectivity index (χ2v) is 7.48. The van der Waals surface area contributed by atoms with Crippen LogP contribution in [0.4, 0.5) is 10.1 Å². The molecular weight excluding hydrogens is 415 g/mol. The number of halogens is 2. The first-order chi connectivity index (χ1) is 14.5. The lowest BCUT2D eigenvalue weighted by Gasteiger charge is -2.31. The van der Waals surface area contributed by atoms with Crippen LogP contribution < -0.4 is 19.5 Å². The first-order valence-electron chi connectivity index (χ1n) is 9.56. The third-order valence-corrected chi connectivity index (χ3v) is 5.40. The van der Waals surface area contributed by atoms with Gasteiger partial charge in [0.1, 0.15) is 11.6 Å². The van der Waals surface area contributed by atoms with E-state index in [2.05, 4.69) is 5.32 Å². The number of carbonyl (C=O) groups excluding carboxylic acids is 2. The van der Waals surface area contributed by atoms with Gasteiger partial charge < -0.3 is 24.4 Å². The Morgan fingerprint density at radius 1 is 1.13 bits per heavy atom. The summed E-state index contributed by atoms with van der Waals surface area (Å²) in [5.41, 5.74) is 0.647. The summed E-state index contributed by atoms with van der Waals surface area (Å²) in [7, 11) is 0. The highest BCUT2D eigenvalue weighted by molar-refractivity contribution is 6.30. The fraction of sp³-hybridized carbons (Fsp3) is 0.333. The van der Waals surface area contributed by atoms with Crippen molar-refractivity contribution in [1.29, 1.82) is 0 Å². The molecule has 1 fully saturated rings. The average Bonchev–Trinajstić information content (AvgIpc) is 3.22. The van der Waals surface area contributed by atoms with Gasteiger partial charge in [-0.05, 0) is 37.1 Å². The number of likely N-dealkylation sites (tertiary alicyclic amines) is 1. The van der Waals surface area contributed by atoms with Crippen molar-refractivity contribution in [1.82, 2.24) is 4.90 Å². The Balaban J connectivity index is 1.24. The van der Waals surface area contributed by atoms with E-state index in [0.29, 0.717) is 48.9 Å². The summed E-state index contributed by atoms with van der Waals surface area (Å²) in [5.74, 6) is 0.587.